The van der Waals surface area contributed by atoms with E-state index in [1.807, 2.05) is 0 Å². The Morgan fingerprint density at radius 3 is 2.43 bits per heavy atom. The summed E-state index contributed by atoms with van der Waals surface area (Å²) in [5, 5.41) is 12.2. The molecule has 0 aromatic rings. The van der Waals surface area contributed by atoms with Crippen molar-refractivity contribution >= 4 is 11.9 Å². The summed E-state index contributed by atoms with van der Waals surface area (Å²) in [4.78, 5) is 25.7. The van der Waals surface area contributed by atoms with Crippen molar-refractivity contribution in [2.24, 2.45) is 17.8 Å². The molecule has 1 aliphatic rings. The van der Waals surface area contributed by atoms with Gasteiger partial charge in [-0.1, -0.05) is 13.3 Å². The molecule has 0 aromatic heterocycles. The Kier molecular flexibility index (Phi) is 7.15. The van der Waals surface area contributed by atoms with Crippen molar-refractivity contribution < 1.29 is 14.7 Å². The molecule has 1 aliphatic carbocycles. The smallest absolute Gasteiger partial charge is 0.307 e. The average Bonchev–Trinajstić information content (AvgIpc) is 2.87. The van der Waals surface area contributed by atoms with Crippen LogP contribution in [0.15, 0.2) is 0 Å². The molecular weight excluding hydrogens is 268 g/mol. The quantitative estimate of drug-likeness (QED) is 0.672. The zero-order valence-corrected chi connectivity index (χ0v) is 13.8. The molecule has 0 saturated heterocycles. The van der Waals surface area contributed by atoms with E-state index in [4.69, 9.17) is 0 Å². The Hall–Kier alpha value is -1.10. The van der Waals surface area contributed by atoms with E-state index in [1.54, 1.807) is 0 Å². The Morgan fingerprint density at radius 2 is 1.90 bits per heavy atom. The summed E-state index contributed by atoms with van der Waals surface area (Å²) in [5.74, 6) is -1.39. The normalized spacial score (nSPS) is 25.5. The third-order valence-corrected chi connectivity index (χ3v) is 4.76. The van der Waals surface area contributed by atoms with E-state index in [0.717, 1.165) is 19.4 Å². The van der Waals surface area contributed by atoms with Crippen molar-refractivity contribution in [1.29, 1.82) is 0 Å². The van der Waals surface area contributed by atoms with Crippen LogP contribution in [0.4, 0.5) is 0 Å². The topological polar surface area (TPSA) is 69.6 Å². The average molecular weight is 298 g/mol. The molecule has 5 heteroatoms. The first-order valence-electron chi connectivity index (χ1n) is 8.07. The number of rotatable bonds is 8. The molecule has 1 fully saturated rings. The van der Waals surface area contributed by atoms with Crippen LogP contribution in [-0.4, -0.2) is 48.1 Å². The van der Waals surface area contributed by atoms with Crippen molar-refractivity contribution in [3.63, 3.8) is 0 Å². The number of hydrogen-bond donors (Lipinski definition) is 2. The van der Waals surface area contributed by atoms with Crippen LogP contribution >= 0.6 is 0 Å². The fourth-order valence-electron chi connectivity index (χ4n) is 2.97. The molecule has 1 saturated carbocycles. The van der Waals surface area contributed by atoms with E-state index in [-0.39, 0.29) is 11.8 Å². The molecule has 3 atom stereocenters. The highest BCUT2D eigenvalue weighted by Crippen LogP contribution is 2.38. The van der Waals surface area contributed by atoms with Gasteiger partial charge in [0.2, 0.25) is 5.91 Å². The Labute approximate surface area is 128 Å². The maximum absolute atomic E-state index is 12.2. The van der Waals surface area contributed by atoms with E-state index in [0.29, 0.717) is 31.3 Å². The number of carboxylic acid groups (broad SMARTS) is 1. The highest BCUT2D eigenvalue weighted by Gasteiger charge is 2.41. The molecule has 2 N–H and O–H groups in total. The van der Waals surface area contributed by atoms with Crippen LogP contribution in [0.1, 0.15) is 46.5 Å². The van der Waals surface area contributed by atoms with Gasteiger partial charge in [-0.15, -0.1) is 0 Å². The van der Waals surface area contributed by atoms with Crippen LogP contribution in [0.5, 0.6) is 0 Å². The van der Waals surface area contributed by atoms with E-state index >= 15 is 0 Å². The fraction of sp³-hybridized carbons (Fsp3) is 0.875. The van der Waals surface area contributed by atoms with Crippen LogP contribution in [0.2, 0.25) is 0 Å². The maximum atomic E-state index is 12.2. The molecule has 0 aromatic carbocycles. The highest BCUT2D eigenvalue weighted by atomic mass is 16.4. The molecule has 1 amide bonds. The molecule has 5 nitrogen and oxygen atoms in total. The number of nitrogens with zero attached hydrogens (tertiary/aromatic N) is 1. The standard InChI is InChI=1S/C16H30N2O3/c1-5-12-9-13(14(10-12)16(20)21)15(19)17-7-6-8-18(4)11(2)3/h11-14H,5-10H2,1-4H3,(H,17,19)(H,20,21). The van der Waals surface area contributed by atoms with Crippen molar-refractivity contribution in [3.05, 3.63) is 0 Å². The second-order valence-corrected chi connectivity index (χ2v) is 6.52. The van der Waals surface area contributed by atoms with Crippen molar-refractivity contribution in [3.8, 4) is 0 Å². The molecule has 3 unspecified atom stereocenters. The summed E-state index contributed by atoms with van der Waals surface area (Å²) in [7, 11) is 2.07. The summed E-state index contributed by atoms with van der Waals surface area (Å²) in [6, 6.07) is 0.497. The van der Waals surface area contributed by atoms with Crippen molar-refractivity contribution in [1.82, 2.24) is 10.2 Å². The lowest BCUT2D eigenvalue weighted by Gasteiger charge is -2.21. The van der Waals surface area contributed by atoms with Gasteiger partial charge in [0.15, 0.2) is 0 Å². The van der Waals surface area contributed by atoms with Gasteiger partial charge in [-0.25, -0.2) is 0 Å². The zero-order chi connectivity index (χ0) is 16.0. The van der Waals surface area contributed by atoms with Crippen molar-refractivity contribution in [2.45, 2.75) is 52.5 Å². The molecule has 0 radical (unpaired) electrons. The maximum Gasteiger partial charge on any atom is 0.307 e. The number of carboxylic acids is 1. The number of amides is 1. The van der Waals surface area contributed by atoms with E-state index in [9.17, 15) is 14.7 Å². The predicted molar refractivity (Wildman–Crippen MR) is 83.0 cm³/mol. The summed E-state index contributed by atoms with van der Waals surface area (Å²) < 4.78 is 0. The lowest BCUT2D eigenvalue weighted by molar-refractivity contribution is -0.146. The molecule has 1 rings (SSSR count). The monoisotopic (exact) mass is 298 g/mol. The predicted octanol–water partition coefficient (Wildman–Crippen LogP) is 1.97. The van der Waals surface area contributed by atoms with Crippen LogP contribution < -0.4 is 5.32 Å². The number of hydrogen-bond acceptors (Lipinski definition) is 3. The van der Waals surface area contributed by atoms with Crippen LogP contribution in [0.3, 0.4) is 0 Å². The minimum Gasteiger partial charge on any atom is -0.481 e. The molecule has 0 heterocycles. The SMILES string of the molecule is CCC1CC(C(=O)O)C(C(=O)NCCCN(C)C(C)C)C1. The zero-order valence-electron chi connectivity index (χ0n) is 13.8. The number of carbonyl (C=O) groups excluding carboxylic acids is 1. The van der Waals surface area contributed by atoms with Gasteiger partial charge in [0.05, 0.1) is 11.8 Å². The Balaban J connectivity index is 2.38. The van der Waals surface area contributed by atoms with Crippen molar-refractivity contribution in [2.75, 3.05) is 20.1 Å². The number of carbonyl (C=O) groups is 2. The summed E-state index contributed by atoms with van der Waals surface area (Å²) in [5.41, 5.74) is 0. The lowest BCUT2D eigenvalue weighted by Crippen LogP contribution is -2.37. The molecule has 0 spiro atoms. The Bertz CT molecular complexity index is 357. The van der Waals surface area contributed by atoms with Gasteiger partial charge in [-0.3, -0.25) is 9.59 Å². The summed E-state index contributed by atoms with van der Waals surface area (Å²) >= 11 is 0. The minimum absolute atomic E-state index is 0.0782. The van der Waals surface area contributed by atoms with E-state index < -0.39 is 11.9 Å². The van der Waals surface area contributed by atoms with Gasteiger partial charge in [0.1, 0.15) is 0 Å². The second-order valence-electron chi connectivity index (χ2n) is 6.52. The molecular formula is C16H30N2O3. The lowest BCUT2D eigenvalue weighted by atomic mass is 9.95. The van der Waals surface area contributed by atoms with Crippen LogP contribution in [0.25, 0.3) is 0 Å². The third kappa shape index (κ3) is 5.30. The number of nitrogens with one attached hydrogen (secondary N) is 1. The summed E-state index contributed by atoms with van der Waals surface area (Å²) in [6.45, 7) is 7.89. The number of aliphatic carboxylic acids is 1. The van der Waals surface area contributed by atoms with Gasteiger partial charge in [-0.05, 0) is 52.6 Å². The first-order chi connectivity index (χ1) is 9.86. The highest BCUT2D eigenvalue weighted by molar-refractivity contribution is 5.85. The van der Waals surface area contributed by atoms with Gasteiger partial charge >= 0.3 is 5.97 Å². The van der Waals surface area contributed by atoms with Gasteiger partial charge in [0.25, 0.3) is 0 Å². The summed E-state index contributed by atoms with van der Waals surface area (Å²) in [6.07, 6.45) is 3.19. The van der Waals surface area contributed by atoms with Gasteiger partial charge < -0.3 is 15.3 Å². The fourth-order valence-corrected chi connectivity index (χ4v) is 2.97. The molecule has 21 heavy (non-hydrogen) atoms. The van der Waals surface area contributed by atoms with E-state index in [1.165, 1.54) is 0 Å². The third-order valence-electron chi connectivity index (χ3n) is 4.76. The Morgan fingerprint density at radius 1 is 1.29 bits per heavy atom. The van der Waals surface area contributed by atoms with Gasteiger partial charge in [0, 0.05) is 12.6 Å². The molecule has 122 valence electrons. The molecule has 0 aliphatic heterocycles. The van der Waals surface area contributed by atoms with Gasteiger partial charge in [-0.2, -0.15) is 0 Å². The van der Waals surface area contributed by atoms with Crippen LogP contribution in [-0.2, 0) is 9.59 Å². The first kappa shape index (κ1) is 18.0. The minimum atomic E-state index is -0.828. The van der Waals surface area contributed by atoms with Crippen LogP contribution in [0, 0.1) is 17.8 Å². The first-order valence-corrected chi connectivity index (χ1v) is 8.07. The largest absolute Gasteiger partial charge is 0.481 e. The molecule has 0 bridgehead atoms. The second kappa shape index (κ2) is 8.37. The van der Waals surface area contributed by atoms with E-state index in [2.05, 4.69) is 38.0 Å².